The molecule has 2 aliphatic heterocycles. The Kier molecular flexibility index (Phi) is 3.30. The minimum atomic E-state index is -0.253. The molecule has 0 aliphatic carbocycles. The van der Waals surface area contributed by atoms with Crippen molar-refractivity contribution >= 4 is 23.3 Å². The molecule has 0 bridgehead atoms. The van der Waals surface area contributed by atoms with Crippen LogP contribution in [0.25, 0.3) is 0 Å². The minimum Gasteiger partial charge on any atom is -0.465 e. The molecule has 0 spiro atoms. The van der Waals surface area contributed by atoms with Crippen molar-refractivity contribution in [3.63, 3.8) is 0 Å². The van der Waals surface area contributed by atoms with Crippen LogP contribution in [-0.4, -0.2) is 66.3 Å². The van der Waals surface area contributed by atoms with Crippen LogP contribution in [0.4, 0.5) is 0 Å². The summed E-state index contributed by atoms with van der Waals surface area (Å²) in [5.41, 5.74) is 0. The number of nitrogens with zero attached hydrogens (tertiary/aromatic N) is 2. The van der Waals surface area contributed by atoms with Crippen LogP contribution in [0.1, 0.15) is 6.92 Å². The smallest absolute Gasteiger partial charge is 0.325 e. The molecule has 0 aromatic rings. The van der Waals surface area contributed by atoms with E-state index in [4.69, 9.17) is 17.0 Å². The summed E-state index contributed by atoms with van der Waals surface area (Å²) in [4.78, 5) is 15.9. The van der Waals surface area contributed by atoms with Gasteiger partial charge in [-0.1, -0.05) is 0 Å². The number of rotatable bonds is 2. The first-order chi connectivity index (χ1) is 7.65. The van der Waals surface area contributed by atoms with Gasteiger partial charge in [0.25, 0.3) is 0 Å². The average molecular weight is 243 g/mol. The first-order valence-corrected chi connectivity index (χ1v) is 5.97. The predicted octanol–water partition coefficient (Wildman–Crippen LogP) is -0.578. The van der Waals surface area contributed by atoms with Gasteiger partial charge in [-0.2, -0.15) is 0 Å². The minimum absolute atomic E-state index is 0.116. The number of hydrogen-bond acceptors (Lipinski definition) is 4. The van der Waals surface area contributed by atoms with Gasteiger partial charge in [-0.15, -0.1) is 0 Å². The zero-order chi connectivity index (χ0) is 11.7. The number of piperazine rings is 1. The van der Waals surface area contributed by atoms with Gasteiger partial charge in [0.2, 0.25) is 0 Å². The van der Waals surface area contributed by atoms with Crippen LogP contribution in [0.3, 0.4) is 0 Å². The van der Waals surface area contributed by atoms with Crippen LogP contribution in [0.2, 0.25) is 0 Å². The lowest BCUT2D eigenvalue weighted by Crippen LogP contribution is -2.60. The Hall–Kier alpha value is -0.880. The summed E-state index contributed by atoms with van der Waals surface area (Å²) in [5.74, 6) is -0.171. The Morgan fingerprint density at radius 2 is 2.44 bits per heavy atom. The summed E-state index contributed by atoms with van der Waals surface area (Å²) in [6, 6.07) is -0.137. The SMILES string of the molecule is CCOC(=O)[C@@H]1NCCN2C(=S)N(C)C[C@H]12. The Morgan fingerprint density at radius 1 is 1.69 bits per heavy atom. The number of ether oxygens (including phenoxy) is 1. The molecular weight excluding hydrogens is 226 g/mol. The Bertz CT molecular complexity index is 310. The van der Waals surface area contributed by atoms with Gasteiger partial charge in [-0.3, -0.25) is 4.79 Å². The molecule has 6 heteroatoms. The molecule has 2 fully saturated rings. The van der Waals surface area contributed by atoms with E-state index in [0.717, 1.165) is 24.7 Å². The first kappa shape index (κ1) is 11.6. The fourth-order valence-electron chi connectivity index (χ4n) is 2.31. The molecule has 1 N–H and O–H groups in total. The second-order valence-electron chi connectivity index (χ2n) is 4.11. The highest BCUT2D eigenvalue weighted by atomic mass is 32.1. The molecule has 2 atom stereocenters. The molecule has 0 radical (unpaired) electrons. The molecular formula is C10H17N3O2S. The number of likely N-dealkylation sites (N-methyl/N-ethyl adjacent to an activating group) is 1. The van der Waals surface area contributed by atoms with Crippen molar-refractivity contribution in [1.29, 1.82) is 0 Å². The molecule has 2 saturated heterocycles. The maximum absolute atomic E-state index is 11.8. The fourth-order valence-corrected chi connectivity index (χ4v) is 2.62. The summed E-state index contributed by atoms with van der Waals surface area (Å²) < 4.78 is 5.07. The third kappa shape index (κ3) is 1.87. The van der Waals surface area contributed by atoms with Crippen molar-refractivity contribution < 1.29 is 9.53 Å². The molecule has 90 valence electrons. The number of fused-ring (bicyclic) bond motifs is 1. The third-order valence-electron chi connectivity index (χ3n) is 3.08. The van der Waals surface area contributed by atoms with Crippen molar-refractivity contribution in [2.75, 3.05) is 33.3 Å². The van der Waals surface area contributed by atoms with E-state index in [0.29, 0.717) is 6.61 Å². The van der Waals surface area contributed by atoms with Crippen molar-refractivity contribution in [2.45, 2.75) is 19.0 Å². The molecule has 2 aliphatic rings. The normalized spacial score (nSPS) is 29.2. The summed E-state index contributed by atoms with van der Waals surface area (Å²) in [6.45, 7) is 4.67. The van der Waals surface area contributed by atoms with Gasteiger partial charge in [-0.25, -0.2) is 0 Å². The van der Waals surface area contributed by atoms with Crippen molar-refractivity contribution in [3.05, 3.63) is 0 Å². The van der Waals surface area contributed by atoms with Crippen LogP contribution >= 0.6 is 12.2 Å². The van der Waals surface area contributed by atoms with E-state index >= 15 is 0 Å². The maximum atomic E-state index is 11.8. The van der Waals surface area contributed by atoms with E-state index in [9.17, 15) is 4.79 Å². The highest BCUT2D eigenvalue weighted by Crippen LogP contribution is 2.20. The van der Waals surface area contributed by atoms with E-state index in [-0.39, 0.29) is 18.1 Å². The molecule has 2 heterocycles. The highest BCUT2D eigenvalue weighted by Gasteiger charge is 2.43. The van der Waals surface area contributed by atoms with Crippen molar-refractivity contribution in [3.8, 4) is 0 Å². The number of hydrogen-bond donors (Lipinski definition) is 1. The summed E-state index contributed by atoms with van der Waals surface area (Å²) in [6.07, 6.45) is 0. The molecule has 0 aromatic carbocycles. The molecule has 0 unspecified atom stereocenters. The first-order valence-electron chi connectivity index (χ1n) is 5.57. The average Bonchev–Trinajstić information content (AvgIpc) is 2.55. The lowest BCUT2D eigenvalue weighted by atomic mass is 10.1. The third-order valence-corrected chi connectivity index (χ3v) is 3.62. The van der Waals surface area contributed by atoms with Gasteiger partial charge in [0.05, 0.1) is 12.6 Å². The predicted molar refractivity (Wildman–Crippen MR) is 64.1 cm³/mol. The molecule has 5 nitrogen and oxygen atoms in total. The van der Waals surface area contributed by atoms with Gasteiger partial charge in [0.15, 0.2) is 5.11 Å². The lowest BCUT2D eigenvalue weighted by Gasteiger charge is -2.35. The number of thiocarbonyl (C=S) groups is 1. The number of carbonyl (C=O) groups excluding carboxylic acids is 1. The number of carbonyl (C=O) groups is 1. The number of nitrogens with one attached hydrogen (secondary N) is 1. The Balaban J connectivity index is 2.10. The van der Waals surface area contributed by atoms with Gasteiger partial charge < -0.3 is 19.9 Å². The van der Waals surface area contributed by atoms with Gasteiger partial charge in [0, 0.05) is 26.7 Å². The Labute approximate surface area is 101 Å². The summed E-state index contributed by atoms with van der Waals surface area (Å²) >= 11 is 5.32. The molecule has 0 saturated carbocycles. The maximum Gasteiger partial charge on any atom is 0.325 e. The van der Waals surface area contributed by atoms with E-state index < -0.39 is 0 Å². The van der Waals surface area contributed by atoms with Crippen molar-refractivity contribution in [1.82, 2.24) is 15.1 Å². The van der Waals surface area contributed by atoms with Crippen LogP contribution in [0.15, 0.2) is 0 Å². The van der Waals surface area contributed by atoms with Gasteiger partial charge in [0.1, 0.15) is 6.04 Å². The van der Waals surface area contributed by atoms with Crippen LogP contribution < -0.4 is 5.32 Å². The molecule has 16 heavy (non-hydrogen) atoms. The van der Waals surface area contributed by atoms with E-state index in [1.54, 1.807) is 0 Å². The van der Waals surface area contributed by atoms with Crippen LogP contribution in [0.5, 0.6) is 0 Å². The quantitative estimate of drug-likeness (QED) is 0.517. The topological polar surface area (TPSA) is 44.8 Å². The van der Waals surface area contributed by atoms with Crippen molar-refractivity contribution in [2.24, 2.45) is 0 Å². The van der Waals surface area contributed by atoms with E-state index in [1.165, 1.54) is 0 Å². The molecule has 0 aromatic heterocycles. The monoisotopic (exact) mass is 243 g/mol. The lowest BCUT2D eigenvalue weighted by molar-refractivity contribution is -0.147. The van der Waals surface area contributed by atoms with Gasteiger partial charge in [-0.05, 0) is 19.1 Å². The van der Waals surface area contributed by atoms with Gasteiger partial charge >= 0.3 is 5.97 Å². The van der Waals surface area contributed by atoms with E-state index in [1.807, 2.05) is 18.9 Å². The largest absolute Gasteiger partial charge is 0.465 e. The van der Waals surface area contributed by atoms with E-state index in [2.05, 4.69) is 10.2 Å². The zero-order valence-electron chi connectivity index (χ0n) is 9.60. The number of esters is 1. The van der Waals surface area contributed by atoms with Crippen LogP contribution in [-0.2, 0) is 9.53 Å². The second kappa shape index (κ2) is 4.55. The fraction of sp³-hybridized carbons (Fsp3) is 0.800. The summed E-state index contributed by atoms with van der Waals surface area (Å²) in [5, 5.41) is 4.05. The molecule has 2 rings (SSSR count). The second-order valence-corrected chi connectivity index (χ2v) is 4.47. The summed E-state index contributed by atoms with van der Waals surface area (Å²) in [7, 11) is 1.96. The highest BCUT2D eigenvalue weighted by molar-refractivity contribution is 7.80. The van der Waals surface area contributed by atoms with Crippen LogP contribution in [0, 0.1) is 0 Å². The Morgan fingerprint density at radius 3 is 3.12 bits per heavy atom. The molecule has 0 amide bonds. The standard InChI is InChI=1S/C10H17N3O2S/c1-3-15-9(14)8-7-6-12(2)10(16)13(7)5-4-11-8/h7-8,11H,3-6H2,1-2H3/t7-,8-/m1/s1. The zero-order valence-corrected chi connectivity index (χ0v) is 10.4.